The predicted molar refractivity (Wildman–Crippen MR) is 74.2 cm³/mol. The fourth-order valence-corrected chi connectivity index (χ4v) is 2.92. The summed E-state index contributed by atoms with van der Waals surface area (Å²) in [4.78, 5) is 22.2. The van der Waals surface area contributed by atoms with E-state index in [1.165, 1.54) is 12.1 Å². The molecule has 7 nitrogen and oxygen atoms in total. The van der Waals surface area contributed by atoms with E-state index in [2.05, 4.69) is 4.74 Å². The summed E-state index contributed by atoms with van der Waals surface area (Å²) >= 11 is 0. The topological polar surface area (TPSA) is 101 Å². The van der Waals surface area contributed by atoms with E-state index in [1.807, 2.05) is 0 Å². The quantitative estimate of drug-likeness (QED) is 0.741. The highest BCUT2D eigenvalue weighted by molar-refractivity contribution is 7.89. The van der Waals surface area contributed by atoms with Crippen molar-refractivity contribution in [1.82, 2.24) is 4.31 Å². The van der Waals surface area contributed by atoms with E-state index < -0.39 is 35.1 Å². The van der Waals surface area contributed by atoms with Crippen molar-refractivity contribution in [2.75, 3.05) is 19.7 Å². The summed E-state index contributed by atoms with van der Waals surface area (Å²) < 4.78 is 30.0. The number of aliphatic carboxylic acids is 1. The van der Waals surface area contributed by atoms with Crippen LogP contribution in [0.1, 0.15) is 12.5 Å². The van der Waals surface area contributed by atoms with Gasteiger partial charge in [-0.15, -0.1) is 0 Å². The second-order valence-corrected chi connectivity index (χ2v) is 6.22. The molecule has 0 radical (unpaired) electrons. The molecule has 0 aliphatic heterocycles. The van der Waals surface area contributed by atoms with Crippen LogP contribution in [0.15, 0.2) is 29.2 Å². The summed E-state index contributed by atoms with van der Waals surface area (Å²) in [5.74, 6) is -2.15. The number of esters is 1. The summed E-state index contributed by atoms with van der Waals surface area (Å²) in [7, 11) is -4.07. The van der Waals surface area contributed by atoms with Crippen molar-refractivity contribution >= 4 is 22.0 Å². The Morgan fingerprint density at radius 1 is 1.19 bits per heavy atom. The number of rotatable bonds is 7. The van der Waals surface area contributed by atoms with E-state index >= 15 is 0 Å². The van der Waals surface area contributed by atoms with Crippen LogP contribution in [0.4, 0.5) is 0 Å². The number of carboxylic acid groups (broad SMARTS) is 1. The largest absolute Gasteiger partial charge is 0.480 e. The van der Waals surface area contributed by atoms with Gasteiger partial charge in [0, 0.05) is 0 Å². The first-order valence-corrected chi connectivity index (χ1v) is 7.65. The zero-order valence-electron chi connectivity index (χ0n) is 11.8. The average molecular weight is 315 g/mol. The van der Waals surface area contributed by atoms with Gasteiger partial charge in [0.15, 0.2) is 0 Å². The van der Waals surface area contributed by atoms with E-state index in [4.69, 9.17) is 5.11 Å². The van der Waals surface area contributed by atoms with Gasteiger partial charge >= 0.3 is 11.9 Å². The fraction of sp³-hybridized carbons (Fsp3) is 0.385. The number of carbonyl (C=O) groups is 2. The fourth-order valence-electron chi connectivity index (χ4n) is 1.59. The lowest BCUT2D eigenvalue weighted by atomic mass is 10.2. The monoisotopic (exact) mass is 315 g/mol. The molecular formula is C13H17NO6S. The first-order chi connectivity index (χ1) is 9.77. The summed E-state index contributed by atoms with van der Waals surface area (Å²) in [6.45, 7) is 2.01. The molecule has 1 aromatic carbocycles. The minimum Gasteiger partial charge on any atom is -0.480 e. The Bertz CT molecular complexity index is 608. The van der Waals surface area contributed by atoms with E-state index in [1.54, 1.807) is 26.0 Å². The number of carboxylic acids is 1. The molecule has 0 amide bonds. The van der Waals surface area contributed by atoms with Crippen LogP contribution < -0.4 is 0 Å². The Labute approximate surface area is 123 Å². The van der Waals surface area contributed by atoms with Crippen LogP contribution in [0, 0.1) is 6.92 Å². The molecule has 1 aromatic rings. The standard InChI is InChI=1S/C13H17NO6S/c1-3-20-13(17)9-14(8-12(15)16)21(18,19)11-6-4-10(2)5-7-11/h4-7H,3,8-9H2,1-2H3,(H,15,16). The number of nitrogens with zero attached hydrogens (tertiary/aromatic N) is 1. The molecule has 0 spiro atoms. The van der Waals surface area contributed by atoms with Gasteiger partial charge in [-0.3, -0.25) is 9.59 Å². The molecule has 0 bridgehead atoms. The van der Waals surface area contributed by atoms with Gasteiger partial charge in [-0.2, -0.15) is 4.31 Å². The van der Waals surface area contributed by atoms with Crippen molar-refractivity contribution in [3.63, 3.8) is 0 Å². The number of aryl methyl sites for hydroxylation is 1. The van der Waals surface area contributed by atoms with Crippen molar-refractivity contribution in [1.29, 1.82) is 0 Å². The highest BCUT2D eigenvalue weighted by Crippen LogP contribution is 2.16. The first kappa shape index (κ1) is 17.1. The molecule has 8 heteroatoms. The maximum atomic E-state index is 12.4. The first-order valence-electron chi connectivity index (χ1n) is 6.21. The molecular weight excluding hydrogens is 298 g/mol. The molecule has 0 saturated heterocycles. The van der Waals surface area contributed by atoms with E-state index in [9.17, 15) is 18.0 Å². The van der Waals surface area contributed by atoms with Crippen LogP contribution in [0.5, 0.6) is 0 Å². The Hall–Kier alpha value is -1.93. The number of hydrogen-bond donors (Lipinski definition) is 1. The number of hydrogen-bond acceptors (Lipinski definition) is 5. The number of benzene rings is 1. The van der Waals surface area contributed by atoms with E-state index in [-0.39, 0.29) is 11.5 Å². The lowest BCUT2D eigenvalue weighted by molar-refractivity contribution is -0.144. The molecule has 0 heterocycles. The van der Waals surface area contributed by atoms with Crippen LogP contribution in [0.2, 0.25) is 0 Å². The van der Waals surface area contributed by atoms with E-state index in [0.29, 0.717) is 4.31 Å². The molecule has 0 saturated carbocycles. The highest BCUT2D eigenvalue weighted by atomic mass is 32.2. The van der Waals surface area contributed by atoms with Crippen LogP contribution in [0.25, 0.3) is 0 Å². The minimum absolute atomic E-state index is 0.0707. The molecule has 21 heavy (non-hydrogen) atoms. The average Bonchev–Trinajstić information content (AvgIpc) is 2.38. The van der Waals surface area contributed by atoms with Crippen molar-refractivity contribution in [2.24, 2.45) is 0 Å². The molecule has 0 aliphatic carbocycles. The van der Waals surface area contributed by atoms with Crippen LogP contribution in [-0.2, 0) is 24.3 Å². The van der Waals surface area contributed by atoms with Crippen LogP contribution in [-0.4, -0.2) is 49.5 Å². The maximum Gasteiger partial charge on any atom is 0.321 e. The Balaban J connectivity index is 3.08. The Morgan fingerprint density at radius 3 is 2.24 bits per heavy atom. The van der Waals surface area contributed by atoms with Crippen molar-refractivity contribution < 1.29 is 27.9 Å². The zero-order valence-corrected chi connectivity index (χ0v) is 12.6. The smallest absolute Gasteiger partial charge is 0.321 e. The van der Waals surface area contributed by atoms with Gasteiger partial charge < -0.3 is 9.84 Å². The second kappa shape index (κ2) is 7.19. The van der Waals surface area contributed by atoms with Gasteiger partial charge in [-0.05, 0) is 26.0 Å². The summed E-state index contributed by atoms with van der Waals surface area (Å²) in [6, 6.07) is 5.92. The third-order valence-electron chi connectivity index (χ3n) is 2.58. The number of ether oxygens (including phenoxy) is 1. The lowest BCUT2D eigenvalue weighted by Crippen LogP contribution is -2.39. The molecule has 1 rings (SSSR count). The lowest BCUT2D eigenvalue weighted by Gasteiger charge is -2.19. The Kier molecular flexibility index (Phi) is 5.86. The third-order valence-corrected chi connectivity index (χ3v) is 4.39. The van der Waals surface area contributed by atoms with Gasteiger partial charge in [0.25, 0.3) is 0 Å². The highest BCUT2D eigenvalue weighted by Gasteiger charge is 2.29. The van der Waals surface area contributed by atoms with Crippen LogP contribution >= 0.6 is 0 Å². The van der Waals surface area contributed by atoms with Crippen molar-refractivity contribution in [3.8, 4) is 0 Å². The number of sulfonamides is 1. The normalized spacial score (nSPS) is 11.4. The second-order valence-electron chi connectivity index (χ2n) is 4.28. The molecule has 116 valence electrons. The summed E-state index contributed by atoms with van der Waals surface area (Å²) in [5.41, 5.74) is 0.865. The zero-order chi connectivity index (χ0) is 16.0. The Morgan fingerprint density at radius 2 is 1.76 bits per heavy atom. The van der Waals surface area contributed by atoms with Crippen molar-refractivity contribution in [3.05, 3.63) is 29.8 Å². The number of carbonyl (C=O) groups excluding carboxylic acids is 1. The van der Waals surface area contributed by atoms with Crippen molar-refractivity contribution in [2.45, 2.75) is 18.7 Å². The molecule has 1 N–H and O–H groups in total. The molecule has 0 aliphatic rings. The van der Waals surface area contributed by atoms with Gasteiger partial charge in [-0.1, -0.05) is 17.7 Å². The molecule has 0 unspecified atom stereocenters. The van der Waals surface area contributed by atoms with Gasteiger partial charge in [-0.25, -0.2) is 8.42 Å². The van der Waals surface area contributed by atoms with Gasteiger partial charge in [0.2, 0.25) is 10.0 Å². The van der Waals surface area contributed by atoms with Gasteiger partial charge in [0.1, 0.15) is 13.1 Å². The molecule has 0 aromatic heterocycles. The van der Waals surface area contributed by atoms with Gasteiger partial charge in [0.05, 0.1) is 11.5 Å². The SMILES string of the molecule is CCOC(=O)CN(CC(=O)O)S(=O)(=O)c1ccc(C)cc1. The minimum atomic E-state index is -4.07. The molecule has 0 fully saturated rings. The summed E-state index contributed by atoms with van der Waals surface area (Å²) in [5, 5.41) is 8.82. The maximum absolute atomic E-state index is 12.4. The van der Waals surface area contributed by atoms with Crippen LogP contribution in [0.3, 0.4) is 0 Å². The summed E-state index contributed by atoms with van der Waals surface area (Å²) in [6.07, 6.45) is 0. The third kappa shape index (κ3) is 4.83. The molecule has 0 atom stereocenters. The van der Waals surface area contributed by atoms with E-state index in [0.717, 1.165) is 5.56 Å². The predicted octanol–water partition coefficient (Wildman–Crippen LogP) is 0.633.